The standard InChI is InChI=1S/C20H20BrClN2O3/c21-13-5-6-17(15(22)11-13)27-12-18(25)24-9-7-20(8-10-24)14-3-1-2-4-16(14)23-19(20)26/h1-6,11,14,16H,7-10,12H2,(H,23,26). The Morgan fingerprint density at radius 1 is 1.30 bits per heavy atom. The van der Waals surface area contributed by atoms with Gasteiger partial charge in [-0.3, -0.25) is 9.59 Å². The molecule has 0 aromatic heterocycles. The van der Waals surface area contributed by atoms with E-state index in [1.807, 2.05) is 24.3 Å². The average molecular weight is 452 g/mol. The number of piperidine rings is 1. The van der Waals surface area contributed by atoms with E-state index in [4.69, 9.17) is 16.3 Å². The fourth-order valence-corrected chi connectivity index (χ4v) is 4.99. The third-order valence-corrected chi connectivity index (χ3v) is 6.57. The monoisotopic (exact) mass is 450 g/mol. The van der Waals surface area contributed by atoms with E-state index < -0.39 is 5.41 Å². The second kappa shape index (κ2) is 7.32. The minimum absolute atomic E-state index is 0.0603. The lowest BCUT2D eigenvalue weighted by molar-refractivity contribution is -0.140. The van der Waals surface area contributed by atoms with Crippen LogP contribution in [0.4, 0.5) is 0 Å². The van der Waals surface area contributed by atoms with Gasteiger partial charge in [0.05, 0.1) is 16.5 Å². The predicted octanol–water partition coefficient (Wildman–Crippen LogP) is 3.33. The van der Waals surface area contributed by atoms with E-state index in [2.05, 4.69) is 27.3 Å². The molecule has 0 radical (unpaired) electrons. The molecule has 1 spiro atoms. The van der Waals surface area contributed by atoms with E-state index in [9.17, 15) is 9.59 Å². The number of carbonyl (C=O) groups is 2. The van der Waals surface area contributed by atoms with Crippen molar-refractivity contribution < 1.29 is 14.3 Å². The first kappa shape index (κ1) is 18.6. The van der Waals surface area contributed by atoms with Gasteiger partial charge in [-0.25, -0.2) is 0 Å². The van der Waals surface area contributed by atoms with Gasteiger partial charge in [0.15, 0.2) is 6.61 Å². The summed E-state index contributed by atoms with van der Waals surface area (Å²) in [6, 6.07) is 5.36. The lowest BCUT2D eigenvalue weighted by atomic mass is 9.67. The van der Waals surface area contributed by atoms with Gasteiger partial charge in [0.1, 0.15) is 5.75 Å². The largest absolute Gasteiger partial charge is 0.482 e. The molecule has 142 valence electrons. The van der Waals surface area contributed by atoms with Crippen LogP contribution in [0.25, 0.3) is 0 Å². The molecule has 2 heterocycles. The van der Waals surface area contributed by atoms with Crippen LogP contribution in [0.1, 0.15) is 12.8 Å². The zero-order chi connectivity index (χ0) is 19.0. The number of carbonyl (C=O) groups excluding carboxylic acids is 2. The summed E-state index contributed by atoms with van der Waals surface area (Å²) >= 11 is 9.47. The number of hydrogen-bond donors (Lipinski definition) is 1. The Morgan fingerprint density at radius 2 is 2.04 bits per heavy atom. The Hall–Kier alpha value is -1.79. The highest BCUT2D eigenvalue weighted by molar-refractivity contribution is 9.10. The van der Waals surface area contributed by atoms with E-state index >= 15 is 0 Å². The molecule has 5 nitrogen and oxygen atoms in total. The van der Waals surface area contributed by atoms with Gasteiger partial charge in [0, 0.05) is 23.5 Å². The molecule has 1 aromatic rings. The molecule has 2 atom stereocenters. The number of likely N-dealkylation sites (tertiary alicyclic amines) is 1. The molecule has 2 unspecified atom stereocenters. The summed E-state index contributed by atoms with van der Waals surface area (Å²) in [7, 11) is 0. The third-order valence-electron chi connectivity index (χ3n) is 5.78. The zero-order valence-corrected chi connectivity index (χ0v) is 17.0. The highest BCUT2D eigenvalue weighted by Gasteiger charge is 2.54. The summed E-state index contributed by atoms with van der Waals surface area (Å²) in [6.45, 7) is 1.06. The molecule has 0 bridgehead atoms. The molecule has 2 aliphatic heterocycles. The van der Waals surface area contributed by atoms with Crippen molar-refractivity contribution in [2.45, 2.75) is 18.9 Å². The van der Waals surface area contributed by atoms with E-state index in [1.165, 1.54) is 0 Å². The molecule has 2 fully saturated rings. The van der Waals surface area contributed by atoms with Crippen molar-refractivity contribution in [1.29, 1.82) is 0 Å². The molecule has 27 heavy (non-hydrogen) atoms. The Kier molecular flexibility index (Phi) is 5.03. The molecular formula is C20H20BrClN2O3. The van der Waals surface area contributed by atoms with E-state index in [0.29, 0.717) is 36.7 Å². The van der Waals surface area contributed by atoms with Crippen LogP contribution < -0.4 is 10.1 Å². The maximum absolute atomic E-state index is 12.6. The van der Waals surface area contributed by atoms with Crippen LogP contribution in [0.3, 0.4) is 0 Å². The van der Waals surface area contributed by atoms with Crippen molar-refractivity contribution >= 4 is 39.3 Å². The second-order valence-electron chi connectivity index (χ2n) is 7.20. The number of fused-ring (bicyclic) bond motifs is 2. The Labute approximate surface area is 171 Å². The summed E-state index contributed by atoms with van der Waals surface area (Å²) in [5, 5.41) is 3.55. The summed E-state index contributed by atoms with van der Waals surface area (Å²) in [5.74, 6) is 0.681. The lowest BCUT2D eigenvalue weighted by Crippen LogP contribution is -2.49. The molecule has 4 rings (SSSR count). The number of hydrogen-bond acceptors (Lipinski definition) is 3. The molecule has 7 heteroatoms. The van der Waals surface area contributed by atoms with Crippen LogP contribution in [0.2, 0.25) is 5.02 Å². The maximum atomic E-state index is 12.6. The highest BCUT2D eigenvalue weighted by atomic mass is 79.9. The van der Waals surface area contributed by atoms with Gasteiger partial charge < -0.3 is 15.0 Å². The van der Waals surface area contributed by atoms with Crippen LogP contribution >= 0.6 is 27.5 Å². The first-order chi connectivity index (χ1) is 13.0. The summed E-state index contributed by atoms with van der Waals surface area (Å²) in [4.78, 5) is 27.0. The van der Waals surface area contributed by atoms with Crippen molar-refractivity contribution in [1.82, 2.24) is 10.2 Å². The summed E-state index contributed by atoms with van der Waals surface area (Å²) < 4.78 is 6.44. The number of halogens is 2. The van der Waals surface area contributed by atoms with E-state index in [1.54, 1.807) is 17.0 Å². The number of allylic oxidation sites excluding steroid dienone is 2. The lowest BCUT2D eigenvalue weighted by Gasteiger charge is -2.40. The van der Waals surface area contributed by atoms with E-state index in [-0.39, 0.29) is 30.4 Å². The number of nitrogens with zero attached hydrogens (tertiary/aromatic N) is 1. The van der Waals surface area contributed by atoms with E-state index in [0.717, 1.165) is 4.47 Å². The van der Waals surface area contributed by atoms with Gasteiger partial charge in [-0.2, -0.15) is 0 Å². The predicted molar refractivity (Wildman–Crippen MR) is 107 cm³/mol. The topological polar surface area (TPSA) is 58.6 Å². The summed E-state index contributed by atoms with van der Waals surface area (Å²) in [6.07, 6.45) is 9.50. The first-order valence-corrected chi connectivity index (χ1v) is 10.2. The summed E-state index contributed by atoms with van der Waals surface area (Å²) in [5.41, 5.74) is -0.404. The normalized spacial score (nSPS) is 25.4. The number of rotatable bonds is 3. The van der Waals surface area contributed by atoms with Gasteiger partial charge in [0.25, 0.3) is 5.91 Å². The van der Waals surface area contributed by atoms with Crippen molar-refractivity contribution in [3.63, 3.8) is 0 Å². The molecule has 3 aliphatic rings. The number of amides is 2. The first-order valence-electron chi connectivity index (χ1n) is 9.01. The SMILES string of the molecule is O=C(COc1ccc(Br)cc1Cl)N1CCC2(CC1)C(=O)NC1C=CC=CC12. The second-order valence-corrected chi connectivity index (χ2v) is 8.52. The smallest absolute Gasteiger partial charge is 0.260 e. The fourth-order valence-electron chi connectivity index (χ4n) is 4.26. The minimum atomic E-state index is -0.404. The van der Waals surface area contributed by atoms with Gasteiger partial charge >= 0.3 is 0 Å². The molecule has 1 N–H and O–H groups in total. The van der Waals surface area contributed by atoms with Crippen LogP contribution in [0.15, 0.2) is 47.0 Å². The number of ether oxygens (including phenoxy) is 1. The molecule has 1 aromatic carbocycles. The number of nitrogens with one attached hydrogen (secondary N) is 1. The van der Waals surface area contributed by atoms with Crippen LogP contribution in [0.5, 0.6) is 5.75 Å². The van der Waals surface area contributed by atoms with Gasteiger partial charge in [-0.05, 0) is 31.0 Å². The van der Waals surface area contributed by atoms with Crippen LogP contribution in [-0.4, -0.2) is 42.5 Å². The highest BCUT2D eigenvalue weighted by Crippen LogP contribution is 2.46. The molecule has 2 saturated heterocycles. The Balaban J connectivity index is 1.36. The molecule has 2 amide bonds. The van der Waals surface area contributed by atoms with Gasteiger partial charge in [-0.15, -0.1) is 0 Å². The van der Waals surface area contributed by atoms with Crippen molar-refractivity contribution in [3.05, 3.63) is 52.0 Å². The minimum Gasteiger partial charge on any atom is -0.482 e. The van der Waals surface area contributed by atoms with Crippen molar-refractivity contribution in [3.8, 4) is 5.75 Å². The third kappa shape index (κ3) is 3.41. The Morgan fingerprint density at radius 3 is 2.78 bits per heavy atom. The molecular weight excluding hydrogens is 432 g/mol. The van der Waals surface area contributed by atoms with Crippen molar-refractivity contribution in [2.75, 3.05) is 19.7 Å². The maximum Gasteiger partial charge on any atom is 0.260 e. The molecule has 1 aliphatic carbocycles. The molecule has 0 saturated carbocycles. The van der Waals surface area contributed by atoms with Crippen molar-refractivity contribution in [2.24, 2.45) is 11.3 Å². The average Bonchev–Trinajstić information content (AvgIpc) is 2.93. The fraction of sp³-hybridized carbons (Fsp3) is 0.400. The van der Waals surface area contributed by atoms with Crippen LogP contribution in [-0.2, 0) is 9.59 Å². The van der Waals surface area contributed by atoms with Gasteiger partial charge in [-0.1, -0.05) is 51.8 Å². The number of benzene rings is 1. The van der Waals surface area contributed by atoms with Gasteiger partial charge in [0.2, 0.25) is 5.91 Å². The Bertz CT molecular complexity index is 831. The zero-order valence-electron chi connectivity index (χ0n) is 14.7. The van der Waals surface area contributed by atoms with Crippen LogP contribution in [0, 0.1) is 11.3 Å². The quantitative estimate of drug-likeness (QED) is 0.767.